The fraction of sp³-hybridized carbons (Fsp3) is 0.143. The van der Waals surface area contributed by atoms with Crippen molar-refractivity contribution in [2.75, 3.05) is 0 Å². The van der Waals surface area contributed by atoms with E-state index in [4.69, 9.17) is 10.2 Å². The van der Waals surface area contributed by atoms with Crippen molar-refractivity contribution in [1.82, 2.24) is 0 Å². The molecule has 0 amide bonds. The molecule has 0 aromatic rings. The average Bonchev–Trinajstić information content (AvgIpc) is 1.86. The Hall–Kier alpha value is -1.58. The van der Waals surface area contributed by atoms with Crippen LogP contribution in [-0.4, -0.2) is 22.2 Å². The summed E-state index contributed by atoms with van der Waals surface area (Å²) in [5, 5.41) is 16.4. The van der Waals surface area contributed by atoms with Gasteiger partial charge in [-0.25, -0.2) is 9.59 Å². The molecule has 0 aliphatic carbocycles. The van der Waals surface area contributed by atoms with Crippen molar-refractivity contribution >= 4 is 11.9 Å². The van der Waals surface area contributed by atoms with E-state index < -0.39 is 11.9 Å². The SMILES string of the molecule is C/C(=C/C=C\C(=O)O)C(=O)O. The maximum atomic E-state index is 10.1. The minimum atomic E-state index is -1.10. The van der Waals surface area contributed by atoms with Gasteiger partial charge in [-0.3, -0.25) is 0 Å². The smallest absolute Gasteiger partial charge is 0.331 e. The zero-order chi connectivity index (χ0) is 8.85. The first-order valence-electron chi connectivity index (χ1n) is 2.85. The highest BCUT2D eigenvalue weighted by atomic mass is 16.4. The van der Waals surface area contributed by atoms with Gasteiger partial charge in [-0.1, -0.05) is 12.2 Å². The third-order valence-corrected chi connectivity index (χ3v) is 0.922. The number of carboxylic acid groups (broad SMARTS) is 2. The molecule has 0 rings (SSSR count). The van der Waals surface area contributed by atoms with E-state index in [0.717, 1.165) is 6.08 Å². The van der Waals surface area contributed by atoms with Crippen LogP contribution in [0.5, 0.6) is 0 Å². The molecule has 4 nitrogen and oxygen atoms in total. The number of allylic oxidation sites excluding steroid dienone is 2. The van der Waals surface area contributed by atoms with Crippen molar-refractivity contribution in [2.45, 2.75) is 6.92 Å². The van der Waals surface area contributed by atoms with E-state index in [9.17, 15) is 9.59 Å². The molecule has 0 saturated heterocycles. The van der Waals surface area contributed by atoms with Gasteiger partial charge in [0, 0.05) is 11.6 Å². The van der Waals surface area contributed by atoms with E-state index in [-0.39, 0.29) is 5.57 Å². The van der Waals surface area contributed by atoms with Gasteiger partial charge in [0.1, 0.15) is 0 Å². The Bertz CT molecular complexity index is 225. The summed E-state index contributed by atoms with van der Waals surface area (Å²) in [6.07, 6.45) is 3.26. The van der Waals surface area contributed by atoms with Gasteiger partial charge >= 0.3 is 11.9 Å². The zero-order valence-corrected chi connectivity index (χ0v) is 5.94. The second kappa shape index (κ2) is 4.27. The summed E-state index contributed by atoms with van der Waals surface area (Å²) < 4.78 is 0. The molecule has 60 valence electrons. The lowest BCUT2D eigenvalue weighted by Crippen LogP contribution is -1.94. The molecule has 0 spiro atoms. The Morgan fingerprint density at radius 3 is 2.18 bits per heavy atom. The van der Waals surface area contributed by atoms with Crippen LogP contribution < -0.4 is 0 Å². The molecule has 0 aliphatic rings. The molecule has 0 atom stereocenters. The van der Waals surface area contributed by atoms with Crippen LogP contribution in [0.1, 0.15) is 6.92 Å². The predicted octanol–water partition coefficient (Wildman–Crippen LogP) is 0.658. The zero-order valence-electron chi connectivity index (χ0n) is 5.94. The molecule has 0 aromatic carbocycles. The quantitative estimate of drug-likeness (QED) is 0.465. The maximum absolute atomic E-state index is 10.1. The number of carbonyl (C=O) groups is 2. The summed E-state index contributed by atoms with van der Waals surface area (Å²) in [5.41, 5.74) is 0.0995. The molecule has 4 heteroatoms. The van der Waals surface area contributed by atoms with Gasteiger partial charge in [-0.15, -0.1) is 0 Å². The van der Waals surface area contributed by atoms with Crippen molar-refractivity contribution in [3.8, 4) is 0 Å². The van der Waals surface area contributed by atoms with Crippen LogP contribution in [0.2, 0.25) is 0 Å². The minimum Gasteiger partial charge on any atom is -0.478 e. The van der Waals surface area contributed by atoms with Crippen molar-refractivity contribution in [1.29, 1.82) is 0 Å². The van der Waals surface area contributed by atoms with Crippen LogP contribution in [0, 0.1) is 0 Å². The summed E-state index contributed by atoms with van der Waals surface area (Å²) >= 11 is 0. The summed E-state index contributed by atoms with van der Waals surface area (Å²) in [7, 11) is 0. The second-order valence-electron chi connectivity index (χ2n) is 1.85. The molecule has 0 heterocycles. The Morgan fingerprint density at radius 1 is 1.27 bits per heavy atom. The highest BCUT2D eigenvalue weighted by Gasteiger charge is 1.95. The molecular weight excluding hydrogens is 148 g/mol. The summed E-state index contributed by atoms with van der Waals surface area (Å²) in [6, 6.07) is 0. The van der Waals surface area contributed by atoms with Gasteiger partial charge in [0.2, 0.25) is 0 Å². The van der Waals surface area contributed by atoms with Gasteiger partial charge in [0.05, 0.1) is 0 Å². The van der Waals surface area contributed by atoms with E-state index in [0.29, 0.717) is 0 Å². The van der Waals surface area contributed by atoms with Gasteiger partial charge in [0.15, 0.2) is 0 Å². The van der Waals surface area contributed by atoms with E-state index in [1.807, 2.05) is 0 Å². The Morgan fingerprint density at radius 2 is 1.82 bits per heavy atom. The molecule has 0 unspecified atom stereocenters. The Balaban J connectivity index is 4.13. The van der Waals surface area contributed by atoms with Crippen LogP contribution in [0.15, 0.2) is 23.8 Å². The van der Waals surface area contributed by atoms with Crippen LogP contribution >= 0.6 is 0 Å². The minimum absolute atomic E-state index is 0.0995. The average molecular weight is 156 g/mol. The third-order valence-electron chi connectivity index (χ3n) is 0.922. The molecule has 2 N–H and O–H groups in total. The Labute approximate surface area is 63.5 Å². The van der Waals surface area contributed by atoms with Crippen LogP contribution in [0.4, 0.5) is 0 Å². The fourth-order valence-corrected chi connectivity index (χ4v) is 0.346. The van der Waals surface area contributed by atoms with E-state index >= 15 is 0 Å². The molecular formula is C7H8O4. The van der Waals surface area contributed by atoms with Gasteiger partial charge in [0.25, 0.3) is 0 Å². The van der Waals surface area contributed by atoms with Crippen molar-refractivity contribution in [3.05, 3.63) is 23.8 Å². The van der Waals surface area contributed by atoms with Gasteiger partial charge in [-0.2, -0.15) is 0 Å². The standard InChI is InChI=1S/C7H8O4/c1-5(7(10)11)3-2-4-6(8)9/h2-4H,1H3,(H,8,9)(H,10,11)/b4-2-,5-3-. The highest BCUT2D eigenvalue weighted by Crippen LogP contribution is 1.91. The summed E-state index contributed by atoms with van der Waals surface area (Å²) in [6.45, 7) is 1.38. The van der Waals surface area contributed by atoms with Gasteiger partial charge in [-0.05, 0) is 6.92 Å². The van der Waals surface area contributed by atoms with Crippen LogP contribution in [0.3, 0.4) is 0 Å². The number of hydrogen-bond acceptors (Lipinski definition) is 2. The molecule has 0 aliphatic heterocycles. The lowest BCUT2D eigenvalue weighted by atomic mass is 10.3. The first-order valence-corrected chi connectivity index (χ1v) is 2.85. The van der Waals surface area contributed by atoms with Crippen molar-refractivity contribution in [2.24, 2.45) is 0 Å². The summed E-state index contributed by atoms with van der Waals surface area (Å²) in [4.78, 5) is 20.0. The first kappa shape index (κ1) is 9.42. The topological polar surface area (TPSA) is 74.6 Å². The molecule has 11 heavy (non-hydrogen) atoms. The molecule has 0 aromatic heterocycles. The first-order chi connectivity index (χ1) is 5.04. The molecule has 0 bridgehead atoms. The maximum Gasteiger partial charge on any atom is 0.331 e. The normalized spacial score (nSPS) is 11.9. The third kappa shape index (κ3) is 4.90. The van der Waals surface area contributed by atoms with Crippen molar-refractivity contribution in [3.63, 3.8) is 0 Å². The van der Waals surface area contributed by atoms with E-state index in [1.54, 1.807) is 0 Å². The monoisotopic (exact) mass is 156 g/mol. The van der Waals surface area contributed by atoms with E-state index in [2.05, 4.69) is 0 Å². The van der Waals surface area contributed by atoms with Crippen LogP contribution in [-0.2, 0) is 9.59 Å². The van der Waals surface area contributed by atoms with E-state index in [1.165, 1.54) is 19.1 Å². The molecule has 0 fully saturated rings. The predicted molar refractivity (Wildman–Crippen MR) is 38.2 cm³/mol. The second-order valence-corrected chi connectivity index (χ2v) is 1.85. The highest BCUT2D eigenvalue weighted by molar-refractivity contribution is 5.86. The number of aliphatic carboxylic acids is 2. The fourth-order valence-electron chi connectivity index (χ4n) is 0.346. The lowest BCUT2D eigenvalue weighted by molar-refractivity contribution is -0.133. The number of carboxylic acids is 2. The van der Waals surface area contributed by atoms with Crippen LogP contribution in [0.25, 0.3) is 0 Å². The number of hydrogen-bond donors (Lipinski definition) is 2. The van der Waals surface area contributed by atoms with Crippen molar-refractivity contribution < 1.29 is 19.8 Å². The summed E-state index contributed by atoms with van der Waals surface area (Å²) in [5.74, 6) is -2.15. The number of rotatable bonds is 3. The molecule has 0 saturated carbocycles. The molecule has 0 radical (unpaired) electrons. The lowest BCUT2D eigenvalue weighted by Gasteiger charge is -1.86. The Kier molecular flexibility index (Phi) is 3.66. The largest absolute Gasteiger partial charge is 0.478 e. The van der Waals surface area contributed by atoms with Gasteiger partial charge < -0.3 is 10.2 Å².